The van der Waals surface area contributed by atoms with Gasteiger partial charge < -0.3 is 10.2 Å². The van der Waals surface area contributed by atoms with Gasteiger partial charge in [0, 0.05) is 30.0 Å². The molecular weight excluding hydrogens is 322 g/mol. The van der Waals surface area contributed by atoms with Gasteiger partial charge in [-0.25, -0.2) is 4.98 Å². The molecule has 1 N–H and O–H groups in total. The number of para-hydroxylation sites is 2. The first-order valence-corrected chi connectivity index (χ1v) is 8.68. The van der Waals surface area contributed by atoms with Crippen LogP contribution in [0.1, 0.15) is 5.56 Å². The van der Waals surface area contributed by atoms with Crippen molar-refractivity contribution in [2.24, 2.45) is 0 Å². The van der Waals surface area contributed by atoms with E-state index in [4.69, 9.17) is 4.98 Å². The van der Waals surface area contributed by atoms with Crippen molar-refractivity contribution in [3.05, 3.63) is 78.6 Å². The Morgan fingerprint density at radius 3 is 2.77 bits per heavy atom. The highest BCUT2D eigenvalue weighted by atomic mass is 15.2. The van der Waals surface area contributed by atoms with E-state index in [2.05, 4.69) is 44.5 Å². The zero-order chi connectivity index (χ0) is 17.3. The van der Waals surface area contributed by atoms with Crippen LogP contribution < -0.4 is 10.2 Å². The van der Waals surface area contributed by atoms with E-state index in [1.54, 1.807) is 12.4 Å². The van der Waals surface area contributed by atoms with E-state index in [0.717, 1.165) is 35.4 Å². The Labute approximate surface area is 151 Å². The SMILES string of the molecule is c1ccc2c(c1)CCN2c1ccnc(Nc2cccc3cccnc23)n1. The highest BCUT2D eigenvalue weighted by molar-refractivity contribution is 5.91. The van der Waals surface area contributed by atoms with Gasteiger partial charge in [-0.15, -0.1) is 0 Å². The molecule has 0 radical (unpaired) electrons. The van der Waals surface area contributed by atoms with Gasteiger partial charge in [0.05, 0.1) is 11.2 Å². The number of anilines is 4. The summed E-state index contributed by atoms with van der Waals surface area (Å²) < 4.78 is 0. The number of hydrogen-bond donors (Lipinski definition) is 1. The van der Waals surface area contributed by atoms with Crippen molar-refractivity contribution in [1.29, 1.82) is 0 Å². The van der Waals surface area contributed by atoms with Crippen molar-refractivity contribution in [3.8, 4) is 0 Å². The van der Waals surface area contributed by atoms with E-state index in [1.165, 1.54) is 11.3 Å². The minimum absolute atomic E-state index is 0.574. The Hall–Kier alpha value is -3.47. The van der Waals surface area contributed by atoms with Crippen LogP contribution in [0, 0.1) is 0 Å². The van der Waals surface area contributed by atoms with Gasteiger partial charge in [-0.2, -0.15) is 4.98 Å². The van der Waals surface area contributed by atoms with Gasteiger partial charge in [0.1, 0.15) is 5.82 Å². The molecule has 1 aliphatic rings. The lowest BCUT2D eigenvalue weighted by Crippen LogP contribution is -2.15. The largest absolute Gasteiger partial charge is 0.326 e. The Kier molecular flexibility index (Phi) is 3.49. The third-order valence-corrected chi connectivity index (χ3v) is 4.68. The van der Waals surface area contributed by atoms with Crippen LogP contribution in [0.4, 0.5) is 23.1 Å². The standard InChI is InChI=1S/C21H17N5/c1-2-9-18-15(5-1)11-14-26(18)19-10-13-23-21(25-19)24-17-8-3-6-16-7-4-12-22-20(16)17/h1-10,12-13H,11,14H2,(H,23,24,25). The third kappa shape index (κ3) is 2.54. The van der Waals surface area contributed by atoms with E-state index in [0.29, 0.717) is 5.95 Å². The molecule has 1 aliphatic heterocycles. The van der Waals surface area contributed by atoms with Crippen LogP contribution in [0.3, 0.4) is 0 Å². The maximum atomic E-state index is 4.73. The molecule has 0 saturated heterocycles. The molecule has 2 aromatic carbocycles. The molecule has 5 rings (SSSR count). The van der Waals surface area contributed by atoms with E-state index >= 15 is 0 Å². The molecule has 0 amide bonds. The highest BCUT2D eigenvalue weighted by Crippen LogP contribution is 2.33. The monoisotopic (exact) mass is 339 g/mol. The maximum absolute atomic E-state index is 4.73. The van der Waals surface area contributed by atoms with Gasteiger partial charge >= 0.3 is 0 Å². The minimum atomic E-state index is 0.574. The molecular formula is C21H17N5. The minimum Gasteiger partial charge on any atom is -0.326 e. The van der Waals surface area contributed by atoms with Gasteiger partial charge in [-0.3, -0.25) is 4.98 Å². The molecule has 4 aromatic rings. The molecule has 26 heavy (non-hydrogen) atoms. The lowest BCUT2D eigenvalue weighted by Gasteiger charge is -2.18. The first kappa shape index (κ1) is 14.8. The molecule has 5 heteroatoms. The number of hydrogen-bond acceptors (Lipinski definition) is 5. The van der Waals surface area contributed by atoms with Crippen molar-refractivity contribution in [2.45, 2.75) is 6.42 Å². The Morgan fingerprint density at radius 1 is 0.846 bits per heavy atom. The van der Waals surface area contributed by atoms with Crippen molar-refractivity contribution < 1.29 is 0 Å². The van der Waals surface area contributed by atoms with Crippen molar-refractivity contribution in [3.63, 3.8) is 0 Å². The molecule has 0 saturated carbocycles. The lowest BCUT2D eigenvalue weighted by atomic mass is 10.2. The molecule has 0 unspecified atom stereocenters. The number of rotatable bonds is 3. The number of pyridine rings is 1. The Bertz CT molecular complexity index is 1090. The van der Waals surface area contributed by atoms with E-state index in [9.17, 15) is 0 Å². The van der Waals surface area contributed by atoms with Crippen molar-refractivity contribution in [1.82, 2.24) is 15.0 Å². The Balaban J connectivity index is 1.49. The summed E-state index contributed by atoms with van der Waals surface area (Å²) in [7, 11) is 0. The first-order valence-electron chi connectivity index (χ1n) is 8.68. The van der Waals surface area contributed by atoms with Gasteiger partial charge in [0.25, 0.3) is 0 Å². The first-order chi connectivity index (χ1) is 12.9. The number of nitrogens with one attached hydrogen (secondary N) is 1. The Morgan fingerprint density at radius 2 is 1.77 bits per heavy atom. The summed E-state index contributed by atoms with van der Waals surface area (Å²) in [4.78, 5) is 15.8. The van der Waals surface area contributed by atoms with Crippen LogP contribution in [0.25, 0.3) is 10.9 Å². The fourth-order valence-corrected chi connectivity index (χ4v) is 3.46. The molecule has 0 spiro atoms. The fourth-order valence-electron chi connectivity index (χ4n) is 3.46. The summed E-state index contributed by atoms with van der Waals surface area (Å²) in [6, 6.07) is 20.5. The molecule has 0 fully saturated rings. The van der Waals surface area contributed by atoms with Crippen LogP contribution in [0.5, 0.6) is 0 Å². The summed E-state index contributed by atoms with van der Waals surface area (Å²) in [5.74, 6) is 1.48. The number of aromatic nitrogens is 3. The second kappa shape index (κ2) is 6.11. The van der Waals surface area contributed by atoms with Gasteiger partial charge in [-0.1, -0.05) is 36.4 Å². The number of benzene rings is 2. The number of fused-ring (bicyclic) bond motifs is 2. The summed E-state index contributed by atoms with van der Waals surface area (Å²) in [5.41, 5.74) is 4.40. The van der Waals surface area contributed by atoms with Crippen LogP contribution in [-0.2, 0) is 6.42 Å². The normalized spacial score (nSPS) is 13.0. The van der Waals surface area contributed by atoms with Crippen LogP contribution in [-0.4, -0.2) is 21.5 Å². The molecule has 0 bridgehead atoms. The quantitative estimate of drug-likeness (QED) is 0.597. The van der Waals surface area contributed by atoms with Gasteiger partial charge in [-0.05, 0) is 36.2 Å². The van der Waals surface area contributed by atoms with Crippen molar-refractivity contribution in [2.75, 3.05) is 16.8 Å². The van der Waals surface area contributed by atoms with Gasteiger partial charge in [0.2, 0.25) is 5.95 Å². The summed E-state index contributed by atoms with van der Waals surface area (Å²) in [6.07, 6.45) is 4.63. The van der Waals surface area contributed by atoms with E-state index in [-0.39, 0.29) is 0 Å². The molecule has 5 nitrogen and oxygen atoms in total. The maximum Gasteiger partial charge on any atom is 0.229 e. The topological polar surface area (TPSA) is 53.9 Å². The fraction of sp³-hybridized carbons (Fsp3) is 0.0952. The summed E-state index contributed by atoms with van der Waals surface area (Å²) >= 11 is 0. The van der Waals surface area contributed by atoms with Crippen LogP contribution >= 0.6 is 0 Å². The average Bonchev–Trinajstić information content (AvgIpc) is 3.13. The zero-order valence-electron chi connectivity index (χ0n) is 14.1. The van der Waals surface area contributed by atoms with E-state index in [1.807, 2.05) is 36.4 Å². The number of nitrogens with zero attached hydrogens (tertiary/aromatic N) is 4. The lowest BCUT2D eigenvalue weighted by molar-refractivity contribution is 0.966. The molecule has 3 heterocycles. The summed E-state index contributed by atoms with van der Waals surface area (Å²) in [6.45, 7) is 0.936. The van der Waals surface area contributed by atoms with Gasteiger partial charge in [0.15, 0.2) is 0 Å². The zero-order valence-corrected chi connectivity index (χ0v) is 14.1. The molecule has 0 atom stereocenters. The molecule has 0 aliphatic carbocycles. The second-order valence-corrected chi connectivity index (χ2v) is 6.27. The predicted molar refractivity (Wildman–Crippen MR) is 104 cm³/mol. The summed E-state index contributed by atoms with van der Waals surface area (Å²) in [5, 5.41) is 4.41. The van der Waals surface area contributed by atoms with Crippen LogP contribution in [0.15, 0.2) is 73.1 Å². The van der Waals surface area contributed by atoms with Crippen LogP contribution in [0.2, 0.25) is 0 Å². The van der Waals surface area contributed by atoms with E-state index < -0.39 is 0 Å². The second-order valence-electron chi connectivity index (χ2n) is 6.27. The molecule has 2 aromatic heterocycles. The molecule has 126 valence electrons. The third-order valence-electron chi connectivity index (χ3n) is 4.68. The smallest absolute Gasteiger partial charge is 0.229 e. The predicted octanol–water partition coefficient (Wildman–Crippen LogP) is 4.46. The highest BCUT2D eigenvalue weighted by Gasteiger charge is 2.21. The van der Waals surface area contributed by atoms with Crippen molar-refractivity contribution >= 4 is 34.0 Å². The average molecular weight is 339 g/mol.